The van der Waals surface area contributed by atoms with Crippen molar-refractivity contribution in [3.8, 4) is 11.4 Å². The Bertz CT molecular complexity index is 735. The van der Waals surface area contributed by atoms with Crippen LogP contribution in [0.5, 0.6) is 5.75 Å². The molecule has 0 aliphatic carbocycles. The molecule has 0 N–H and O–H groups in total. The smallest absolute Gasteiger partial charge is 0.210 e. The van der Waals surface area contributed by atoms with Crippen molar-refractivity contribution in [1.29, 1.82) is 0 Å². The van der Waals surface area contributed by atoms with E-state index in [9.17, 15) is 8.78 Å². The number of hydrogen-bond acceptors (Lipinski definition) is 3. The average molecular weight is 376 g/mol. The number of ether oxygens (including phenoxy) is 1. The first-order chi connectivity index (χ1) is 11.4. The van der Waals surface area contributed by atoms with E-state index >= 15 is 0 Å². The van der Waals surface area contributed by atoms with Crippen LogP contribution in [0.3, 0.4) is 0 Å². The standard InChI is InChI=1S/C16H17Cl2F2N3O/c1-9-3-5-22(6-4-9)15-14(17)21-16(18)23(15)13-11(19)7-10(24-2)8-12(13)20/h7-9H,3-6H2,1-2H3. The van der Waals surface area contributed by atoms with E-state index in [-0.39, 0.29) is 21.9 Å². The highest BCUT2D eigenvalue weighted by molar-refractivity contribution is 6.34. The molecule has 1 aliphatic heterocycles. The quantitative estimate of drug-likeness (QED) is 0.778. The van der Waals surface area contributed by atoms with E-state index in [4.69, 9.17) is 27.9 Å². The third-order valence-corrected chi connectivity index (χ3v) is 4.81. The highest BCUT2D eigenvalue weighted by atomic mass is 35.5. The highest BCUT2D eigenvalue weighted by Gasteiger charge is 2.28. The number of aromatic nitrogens is 2. The van der Waals surface area contributed by atoms with Gasteiger partial charge in [-0.25, -0.2) is 13.8 Å². The number of hydrogen-bond donors (Lipinski definition) is 0. The number of halogens is 4. The van der Waals surface area contributed by atoms with Gasteiger partial charge in [-0.2, -0.15) is 0 Å². The van der Waals surface area contributed by atoms with Gasteiger partial charge in [-0.1, -0.05) is 18.5 Å². The van der Waals surface area contributed by atoms with Crippen molar-refractivity contribution in [1.82, 2.24) is 9.55 Å². The third kappa shape index (κ3) is 3.05. The predicted octanol–water partition coefficient (Wildman–Crippen LogP) is 4.70. The summed E-state index contributed by atoms with van der Waals surface area (Å²) >= 11 is 12.3. The van der Waals surface area contributed by atoms with Gasteiger partial charge in [-0.3, -0.25) is 4.57 Å². The number of anilines is 1. The van der Waals surface area contributed by atoms with Gasteiger partial charge in [0, 0.05) is 25.2 Å². The Hall–Kier alpha value is -1.53. The summed E-state index contributed by atoms with van der Waals surface area (Å²) < 4.78 is 35.1. The number of benzene rings is 1. The lowest BCUT2D eigenvalue weighted by molar-refractivity contribution is 0.406. The SMILES string of the molecule is COc1cc(F)c(-n2c(Cl)nc(Cl)c2N2CCC(C)CC2)c(F)c1. The van der Waals surface area contributed by atoms with E-state index in [0.717, 1.165) is 38.1 Å². The van der Waals surface area contributed by atoms with Gasteiger partial charge in [0.05, 0.1) is 7.11 Å². The summed E-state index contributed by atoms with van der Waals surface area (Å²) in [5, 5.41) is 0.0424. The van der Waals surface area contributed by atoms with Crippen LogP contribution in [0.15, 0.2) is 12.1 Å². The van der Waals surface area contributed by atoms with Crippen LogP contribution in [0.2, 0.25) is 10.4 Å². The second-order valence-corrected chi connectivity index (χ2v) is 6.64. The molecule has 0 spiro atoms. The van der Waals surface area contributed by atoms with Gasteiger partial charge in [0.15, 0.2) is 22.6 Å². The lowest BCUT2D eigenvalue weighted by Gasteiger charge is -2.32. The third-order valence-electron chi connectivity index (χ3n) is 4.30. The largest absolute Gasteiger partial charge is 0.497 e. The minimum Gasteiger partial charge on any atom is -0.497 e. The molecule has 1 saturated heterocycles. The molecule has 1 aliphatic rings. The van der Waals surface area contributed by atoms with Crippen LogP contribution in [0, 0.1) is 17.6 Å². The van der Waals surface area contributed by atoms with E-state index in [1.165, 1.54) is 11.7 Å². The van der Waals surface area contributed by atoms with E-state index < -0.39 is 11.6 Å². The summed E-state index contributed by atoms with van der Waals surface area (Å²) in [6.45, 7) is 3.62. The van der Waals surface area contributed by atoms with E-state index in [2.05, 4.69) is 11.9 Å². The molecule has 1 aromatic heterocycles. The van der Waals surface area contributed by atoms with Crippen molar-refractivity contribution in [3.63, 3.8) is 0 Å². The fraction of sp³-hybridized carbons (Fsp3) is 0.438. The summed E-state index contributed by atoms with van der Waals surface area (Å²) in [5.41, 5.74) is -0.311. The summed E-state index contributed by atoms with van der Waals surface area (Å²) in [6.07, 6.45) is 1.93. The van der Waals surface area contributed by atoms with Crippen molar-refractivity contribution < 1.29 is 13.5 Å². The molecule has 0 radical (unpaired) electrons. The zero-order valence-corrected chi connectivity index (χ0v) is 14.8. The fourth-order valence-electron chi connectivity index (χ4n) is 2.92. The predicted molar refractivity (Wildman–Crippen MR) is 90.7 cm³/mol. The zero-order valence-electron chi connectivity index (χ0n) is 13.3. The van der Waals surface area contributed by atoms with Gasteiger partial charge < -0.3 is 9.64 Å². The van der Waals surface area contributed by atoms with Crippen LogP contribution in [0.4, 0.5) is 14.6 Å². The molecule has 0 unspecified atom stereocenters. The molecule has 1 aromatic carbocycles. The number of imidazole rings is 1. The molecule has 0 bridgehead atoms. The number of piperidine rings is 1. The van der Waals surface area contributed by atoms with E-state index in [0.29, 0.717) is 11.7 Å². The second kappa shape index (κ2) is 6.76. The summed E-state index contributed by atoms with van der Waals surface area (Å²) in [6, 6.07) is 2.20. The lowest BCUT2D eigenvalue weighted by Crippen LogP contribution is -2.34. The van der Waals surface area contributed by atoms with Crippen LogP contribution in [0.25, 0.3) is 5.69 Å². The Morgan fingerprint density at radius 2 is 1.75 bits per heavy atom. The number of methoxy groups -OCH3 is 1. The minimum absolute atomic E-state index is 0.0865. The summed E-state index contributed by atoms with van der Waals surface area (Å²) in [5.74, 6) is -0.494. The van der Waals surface area contributed by atoms with Gasteiger partial charge in [-0.15, -0.1) is 0 Å². The van der Waals surface area contributed by atoms with Gasteiger partial charge in [-0.05, 0) is 30.4 Å². The zero-order chi connectivity index (χ0) is 17.4. The Labute approximate surface area is 148 Å². The normalized spacial score (nSPS) is 15.8. The second-order valence-electron chi connectivity index (χ2n) is 5.94. The first kappa shape index (κ1) is 17.3. The fourth-order valence-corrected chi connectivity index (χ4v) is 3.50. The van der Waals surface area contributed by atoms with Crippen LogP contribution < -0.4 is 9.64 Å². The topological polar surface area (TPSA) is 30.3 Å². The first-order valence-electron chi connectivity index (χ1n) is 7.64. The molecule has 4 nitrogen and oxygen atoms in total. The minimum atomic E-state index is -0.797. The maximum Gasteiger partial charge on any atom is 0.210 e. The van der Waals surface area contributed by atoms with Crippen molar-refractivity contribution in [2.24, 2.45) is 5.92 Å². The van der Waals surface area contributed by atoms with Crippen LogP contribution >= 0.6 is 23.2 Å². The van der Waals surface area contributed by atoms with Crippen molar-refractivity contribution in [2.45, 2.75) is 19.8 Å². The van der Waals surface area contributed by atoms with Crippen LogP contribution in [-0.2, 0) is 0 Å². The Kier molecular flexibility index (Phi) is 4.88. The van der Waals surface area contributed by atoms with Crippen LogP contribution in [-0.4, -0.2) is 29.8 Å². The molecular weight excluding hydrogens is 359 g/mol. The molecule has 3 rings (SSSR count). The van der Waals surface area contributed by atoms with Gasteiger partial charge in [0.2, 0.25) is 5.28 Å². The molecule has 1 fully saturated rings. The molecule has 2 heterocycles. The lowest BCUT2D eigenvalue weighted by atomic mass is 9.99. The van der Waals surface area contributed by atoms with E-state index in [1.54, 1.807) is 0 Å². The van der Waals surface area contributed by atoms with E-state index in [1.807, 2.05) is 4.90 Å². The van der Waals surface area contributed by atoms with Gasteiger partial charge in [0.1, 0.15) is 11.4 Å². The molecule has 8 heteroatoms. The molecule has 0 saturated carbocycles. The number of nitrogens with zero attached hydrogens (tertiary/aromatic N) is 3. The summed E-state index contributed by atoms with van der Waals surface area (Å²) in [7, 11) is 1.34. The molecule has 2 aromatic rings. The Balaban J connectivity index is 2.12. The average Bonchev–Trinajstić information content (AvgIpc) is 2.82. The molecule has 24 heavy (non-hydrogen) atoms. The van der Waals surface area contributed by atoms with Crippen molar-refractivity contribution in [3.05, 3.63) is 34.2 Å². The Morgan fingerprint density at radius 3 is 2.29 bits per heavy atom. The summed E-state index contributed by atoms with van der Waals surface area (Å²) in [4.78, 5) is 5.96. The monoisotopic (exact) mass is 375 g/mol. The number of rotatable bonds is 3. The molecular formula is C16H17Cl2F2N3O. The highest BCUT2D eigenvalue weighted by Crippen LogP contribution is 2.37. The first-order valence-corrected chi connectivity index (χ1v) is 8.40. The van der Waals surface area contributed by atoms with Crippen molar-refractivity contribution >= 4 is 29.0 Å². The maximum atomic E-state index is 14.5. The molecule has 0 amide bonds. The molecule has 130 valence electrons. The molecule has 0 atom stereocenters. The maximum absolute atomic E-state index is 14.5. The van der Waals surface area contributed by atoms with Crippen molar-refractivity contribution in [2.75, 3.05) is 25.1 Å². The van der Waals surface area contributed by atoms with Crippen LogP contribution in [0.1, 0.15) is 19.8 Å². The van der Waals surface area contributed by atoms with Gasteiger partial charge >= 0.3 is 0 Å². The van der Waals surface area contributed by atoms with Gasteiger partial charge in [0.25, 0.3) is 0 Å². The Morgan fingerprint density at radius 1 is 1.17 bits per heavy atom.